The standard InChI is InChI=1S/C15H22N2/c1-17(2)12-14-7-4-3-5-9-15(14)13-8-6-10-16-11-13/h6,8,10-11H,3-5,7,9,12H2,1-2H3. The lowest BCUT2D eigenvalue weighted by molar-refractivity contribution is 0.439. The highest BCUT2D eigenvalue weighted by Gasteiger charge is 2.13. The lowest BCUT2D eigenvalue weighted by atomic mass is 9.97. The second-order valence-corrected chi connectivity index (χ2v) is 5.12. The minimum atomic E-state index is 1.09. The first-order valence-electron chi connectivity index (χ1n) is 6.53. The van der Waals surface area contributed by atoms with Gasteiger partial charge in [0.1, 0.15) is 0 Å². The molecule has 2 heteroatoms. The SMILES string of the molecule is CN(C)CC1=C(c2cccnc2)CCCCC1. The fourth-order valence-electron chi connectivity index (χ4n) is 2.59. The highest BCUT2D eigenvalue weighted by molar-refractivity contribution is 5.68. The summed E-state index contributed by atoms with van der Waals surface area (Å²) in [5, 5.41) is 0. The van der Waals surface area contributed by atoms with E-state index in [0.29, 0.717) is 0 Å². The van der Waals surface area contributed by atoms with Crippen LogP contribution in [-0.4, -0.2) is 30.5 Å². The maximum atomic E-state index is 4.26. The molecule has 1 aliphatic rings. The van der Waals surface area contributed by atoms with Crippen LogP contribution >= 0.6 is 0 Å². The Labute approximate surface area is 104 Å². The molecule has 0 bridgehead atoms. The van der Waals surface area contributed by atoms with Crippen LogP contribution in [0.25, 0.3) is 5.57 Å². The first-order chi connectivity index (χ1) is 8.27. The Balaban J connectivity index is 2.31. The average Bonchev–Trinajstić information content (AvgIpc) is 2.55. The van der Waals surface area contributed by atoms with Crippen LogP contribution < -0.4 is 0 Å². The van der Waals surface area contributed by atoms with Crippen LogP contribution in [0.3, 0.4) is 0 Å². The Morgan fingerprint density at radius 2 is 2.00 bits per heavy atom. The van der Waals surface area contributed by atoms with Crippen molar-refractivity contribution in [3.05, 3.63) is 35.7 Å². The van der Waals surface area contributed by atoms with E-state index in [0.717, 1.165) is 6.54 Å². The summed E-state index contributed by atoms with van der Waals surface area (Å²) in [6.07, 6.45) is 10.4. The molecular formula is C15H22N2. The van der Waals surface area contributed by atoms with Crippen molar-refractivity contribution in [3.63, 3.8) is 0 Å². The van der Waals surface area contributed by atoms with Gasteiger partial charge in [0.05, 0.1) is 0 Å². The molecule has 0 amide bonds. The van der Waals surface area contributed by atoms with Crippen molar-refractivity contribution in [3.8, 4) is 0 Å². The molecule has 0 saturated carbocycles. The van der Waals surface area contributed by atoms with Crippen LogP contribution in [0.5, 0.6) is 0 Å². The third kappa shape index (κ3) is 3.40. The van der Waals surface area contributed by atoms with E-state index in [9.17, 15) is 0 Å². The summed E-state index contributed by atoms with van der Waals surface area (Å²) in [5.41, 5.74) is 4.48. The Morgan fingerprint density at radius 1 is 1.18 bits per heavy atom. The van der Waals surface area contributed by atoms with Crippen LogP contribution in [-0.2, 0) is 0 Å². The predicted molar refractivity (Wildman–Crippen MR) is 72.8 cm³/mol. The molecule has 1 aromatic heterocycles. The monoisotopic (exact) mass is 230 g/mol. The molecule has 0 aliphatic heterocycles. The van der Waals surface area contributed by atoms with E-state index in [1.807, 2.05) is 18.5 Å². The first-order valence-corrected chi connectivity index (χ1v) is 6.53. The first kappa shape index (κ1) is 12.3. The number of hydrogen-bond donors (Lipinski definition) is 0. The number of hydrogen-bond acceptors (Lipinski definition) is 2. The summed E-state index contributed by atoms with van der Waals surface area (Å²) in [4.78, 5) is 6.53. The van der Waals surface area contributed by atoms with Gasteiger partial charge < -0.3 is 4.90 Å². The van der Waals surface area contributed by atoms with Gasteiger partial charge in [-0.15, -0.1) is 0 Å². The number of likely N-dealkylation sites (N-methyl/N-ethyl adjacent to an activating group) is 1. The second kappa shape index (κ2) is 5.97. The lowest BCUT2D eigenvalue weighted by Crippen LogP contribution is -2.16. The van der Waals surface area contributed by atoms with E-state index >= 15 is 0 Å². The molecule has 92 valence electrons. The minimum absolute atomic E-state index is 1.09. The highest BCUT2D eigenvalue weighted by atomic mass is 15.0. The third-order valence-corrected chi connectivity index (χ3v) is 3.35. The normalized spacial score (nSPS) is 17.4. The molecule has 1 heterocycles. The lowest BCUT2D eigenvalue weighted by Gasteiger charge is -2.17. The van der Waals surface area contributed by atoms with Crippen molar-refractivity contribution in [2.75, 3.05) is 20.6 Å². The van der Waals surface area contributed by atoms with Crippen molar-refractivity contribution in [1.29, 1.82) is 0 Å². The topological polar surface area (TPSA) is 16.1 Å². The van der Waals surface area contributed by atoms with Crippen molar-refractivity contribution < 1.29 is 0 Å². The number of allylic oxidation sites excluding steroid dienone is 1. The average molecular weight is 230 g/mol. The molecule has 0 fully saturated rings. The van der Waals surface area contributed by atoms with Crippen molar-refractivity contribution >= 4 is 5.57 Å². The van der Waals surface area contributed by atoms with Crippen molar-refractivity contribution in [1.82, 2.24) is 9.88 Å². The fourth-order valence-corrected chi connectivity index (χ4v) is 2.59. The number of aromatic nitrogens is 1. The molecule has 0 radical (unpaired) electrons. The van der Waals surface area contributed by atoms with Crippen LogP contribution in [0.4, 0.5) is 0 Å². The third-order valence-electron chi connectivity index (χ3n) is 3.35. The van der Waals surface area contributed by atoms with Crippen molar-refractivity contribution in [2.24, 2.45) is 0 Å². The summed E-state index contributed by atoms with van der Waals surface area (Å²) >= 11 is 0. The molecular weight excluding hydrogens is 208 g/mol. The maximum absolute atomic E-state index is 4.26. The van der Waals surface area contributed by atoms with Gasteiger partial charge in [0, 0.05) is 18.9 Å². The smallest absolute Gasteiger partial charge is 0.0343 e. The van der Waals surface area contributed by atoms with Gasteiger partial charge in [0.25, 0.3) is 0 Å². The van der Waals surface area contributed by atoms with Crippen LogP contribution in [0.2, 0.25) is 0 Å². The Morgan fingerprint density at radius 3 is 2.71 bits per heavy atom. The van der Waals surface area contributed by atoms with Gasteiger partial charge in [0.2, 0.25) is 0 Å². The van der Waals surface area contributed by atoms with Crippen LogP contribution in [0.1, 0.15) is 37.7 Å². The number of pyridine rings is 1. The van der Waals surface area contributed by atoms with Crippen LogP contribution in [0, 0.1) is 0 Å². The molecule has 0 unspecified atom stereocenters. The molecule has 0 aromatic carbocycles. The van der Waals surface area contributed by atoms with Gasteiger partial charge >= 0.3 is 0 Å². The highest BCUT2D eigenvalue weighted by Crippen LogP contribution is 2.30. The quantitative estimate of drug-likeness (QED) is 0.791. The van der Waals surface area contributed by atoms with Gasteiger partial charge in [-0.3, -0.25) is 4.98 Å². The summed E-state index contributed by atoms with van der Waals surface area (Å²) in [5.74, 6) is 0. The second-order valence-electron chi connectivity index (χ2n) is 5.12. The van der Waals surface area contributed by atoms with E-state index in [1.54, 1.807) is 11.1 Å². The van der Waals surface area contributed by atoms with E-state index in [2.05, 4.69) is 30.0 Å². The summed E-state index contributed by atoms with van der Waals surface area (Å²) < 4.78 is 0. The van der Waals surface area contributed by atoms with E-state index in [1.165, 1.54) is 37.7 Å². The molecule has 2 rings (SSSR count). The zero-order chi connectivity index (χ0) is 12.1. The van der Waals surface area contributed by atoms with Crippen molar-refractivity contribution in [2.45, 2.75) is 32.1 Å². The van der Waals surface area contributed by atoms with Gasteiger partial charge in [0.15, 0.2) is 0 Å². The largest absolute Gasteiger partial charge is 0.305 e. The zero-order valence-electron chi connectivity index (χ0n) is 10.9. The molecule has 17 heavy (non-hydrogen) atoms. The van der Waals surface area contributed by atoms with Gasteiger partial charge in [-0.05, 0) is 57.0 Å². The van der Waals surface area contributed by atoms with Gasteiger partial charge in [-0.1, -0.05) is 18.1 Å². The van der Waals surface area contributed by atoms with Gasteiger partial charge in [-0.2, -0.15) is 0 Å². The maximum Gasteiger partial charge on any atom is 0.0343 e. The molecule has 1 aliphatic carbocycles. The molecule has 0 atom stereocenters. The molecule has 1 aromatic rings. The fraction of sp³-hybridized carbons (Fsp3) is 0.533. The zero-order valence-corrected chi connectivity index (χ0v) is 10.9. The Bertz CT molecular complexity index is 379. The molecule has 0 spiro atoms. The van der Waals surface area contributed by atoms with E-state index < -0.39 is 0 Å². The van der Waals surface area contributed by atoms with E-state index in [4.69, 9.17) is 0 Å². The van der Waals surface area contributed by atoms with E-state index in [-0.39, 0.29) is 0 Å². The van der Waals surface area contributed by atoms with Crippen LogP contribution in [0.15, 0.2) is 30.1 Å². The Hall–Kier alpha value is -1.15. The number of nitrogens with zero attached hydrogens (tertiary/aromatic N) is 2. The Kier molecular flexibility index (Phi) is 4.32. The summed E-state index contributed by atoms with van der Waals surface area (Å²) in [6.45, 7) is 1.09. The summed E-state index contributed by atoms with van der Waals surface area (Å²) in [7, 11) is 4.30. The minimum Gasteiger partial charge on any atom is -0.305 e. The summed E-state index contributed by atoms with van der Waals surface area (Å²) in [6, 6.07) is 4.24. The van der Waals surface area contributed by atoms with Gasteiger partial charge in [-0.25, -0.2) is 0 Å². The molecule has 0 saturated heterocycles. The number of rotatable bonds is 3. The molecule has 2 nitrogen and oxygen atoms in total. The predicted octanol–water partition coefficient (Wildman–Crippen LogP) is 3.36. The molecule has 0 N–H and O–H groups in total.